The van der Waals surface area contributed by atoms with E-state index in [-0.39, 0.29) is 6.04 Å². The Hall–Kier alpha value is -1.97. The predicted molar refractivity (Wildman–Crippen MR) is 85.0 cm³/mol. The van der Waals surface area contributed by atoms with E-state index >= 15 is 0 Å². The minimum absolute atomic E-state index is 0.345. The molecule has 3 rings (SSSR count). The first-order valence-electron chi connectivity index (χ1n) is 6.68. The van der Waals surface area contributed by atoms with Crippen molar-refractivity contribution in [3.05, 3.63) is 64.4 Å². The smallest absolute Gasteiger partial charge is 0.138 e. The number of aryl methyl sites for hydroxylation is 1. The Morgan fingerprint density at radius 2 is 2.00 bits per heavy atom. The van der Waals surface area contributed by atoms with Gasteiger partial charge in [-0.15, -0.1) is 0 Å². The first kappa shape index (κ1) is 14.0. The van der Waals surface area contributed by atoms with Gasteiger partial charge in [0.15, 0.2) is 0 Å². The summed E-state index contributed by atoms with van der Waals surface area (Å²) in [5.74, 6) is 1.51. The van der Waals surface area contributed by atoms with Crippen molar-refractivity contribution >= 4 is 22.6 Å². The van der Waals surface area contributed by atoms with Gasteiger partial charge >= 0.3 is 0 Å². The van der Waals surface area contributed by atoms with E-state index in [9.17, 15) is 0 Å². The summed E-state index contributed by atoms with van der Waals surface area (Å²) >= 11 is 6.03. The molecule has 0 aliphatic heterocycles. The number of fused-ring (bicyclic) bond motifs is 1. The molecule has 1 atom stereocenters. The van der Waals surface area contributed by atoms with Crippen molar-refractivity contribution in [2.24, 2.45) is 5.73 Å². The molecule has 0 amide bonds. The molecule has 21 heavy (non-hydrogen) atoms. The van der Waals surface area contributed by atoms with E-state index in [0.717, 1.165) is 33.6 Å². The Balaban J connectivity index is 2.09. The zero-order chi connectivity index (χ0) is 15.0. The molecule has 0 radical (unpaired) electrons. The number of hydrogen-bond donors (Lipinski definition) is 1. The first-order chi connectivity index (χ1) is 10.1. The molecule has 0 aliphatic carbocycles. The standard InChI is InChI=1S/C17H16ClNO2/c1-10-14-7-6-13(20-2)9-15(14)21-17(10)16(19)11-4-3-5-12(18)8-11/h3-9,16H,19H2,1-2H3. The van der Waals surface area contributed by atoms with Gasteiger partial charge in [0.2, 0.25) is 0 Å². The van der Waals surface area contributed by atoms with Gasteiger partial charge in [-0.1, -0.05) is 23.7 Å². The quantitative estimate of drug-likeness (QED) is 0.777. The van der Waals surface area contributed by atoms with E-state index in [4.69, 9.17) is 26.5 Å². The van der Waals surface area contributed by atoms with E-state index in [1.54, 1.807) is 7.11 Å². The highest BCUT2D eigenvalue weighted by atomic mass is 35.5. The minimum atomic E-state index is -0.345. The zero-order valence-electron chi connectivity index (χ0n) is 11.9. The largest absolute Gasteiger partial charge is 0.497 e. The fraction of sp³-hybridized carbons (Fsp3) is 0.176. The summed E-state index contributed by atoms with van der Waals surface area (Å²) in [5.41, 5.74) is 9.08. The number of nitrogens with two attached hydrogens (primary N) is 1. The van der Waals surface area contributed by atoms with E-state index in [1.165, 1.54) is 0 Å². The molecule has 1 unspecified atom stereocenters. The van der Waals surface area contributed by atoms with Crippen molar-refractivity contribution in [3.63, 3.8) is 0 Å². The lowest BCUT2D eigenvalue weighted by atomic mass is 10.0. The van der Waals surface area contributed by atoms with Crippen LogP contribution in [0, 0.1) is 6.92 Å². The third-order valence-corrected chi connectivity index (χ3v) is 3.91. The Kier molecular flexibility index (Phi) is 3.62. The number of methoxy groups -OCH3 is 1. The van der Waals surface area contributed by atoms with Crippen molar-refractivity contribution in [3.8, 4) is 5.75 Å². The minimum Gasteiger partial charge on any atom is -0.497 e. The summed E-state index contributed by atoms with van der Waals surface area (Å²) in [6, 6.07) is 13.0. The van der Waals surface area contributed by atoms with E-state index < -0.39 is 0 Å². The molecule has 108 valence electrons. The molecular weight excluding hydrogens is 286 g/mol. The van der Waals surface area contributed by atoms with Gasteiger partial charge < -0.3 is 14.9 Å². The monoisotopic (exact) mass is 301 g/mol. The van der Waals surface area contributed by atoms with Crippen molar-refractivity contribution in [1.29, 1.82) is 0 Å². The van der Waals surface area contributed by atoms with E-state index in [1.807, 2.05) is 49.4 Å². The second-order valence-corrected chi connectivity index (χ2v) is 5.42. The van der Waals surface area contributed by atoms with Crippen LogP contribution < -0.4 is 10.5 Å². The topological polar surface area (TPSA) is 48.4 Å². The summed E-state index contributed by atoms with van der Waals surface area (Å²) in [7, 11) is 1.63. The average molecular weight is 302 g/mol. The van der Waals surface area contributed by atoms with E-state index in [2.05, 4.69) is 0 Å². The molecule has 2 aromatic carbocycles. The number of ether oxygens (including phenoxy) is 1. The van der Waals surface area contributed by atoms with Gasteiger partial charge in [0.1, 0.15) is 17.1 Å². The molecule has 0 saturated heterocycles. The lowest BCUT2D eigenvalue weighted by molar-refractivity contribution is 0.414. The first-order valence-corrected chi connectivity index (χ1v) is 7.06. The number of halogens is 1. The maximum atomic E-state index is 6.34. The summed E-state index contributed by atoms with van der Waals surface area (Å²) < 4.78 is 11.2. The summed E-state index contributed by atoms with van der Waals surface area (Å²) in [6.07, 6.45) is 0. The van der Waals surface area contributed by atoms with Crippen LogP contribution in [0.4, 0.5) is 0 Å². The van der Waals surface area contributed by atoms with Crippen LogP contribution in [0.2, 0.25) is 5.02 Å². The maximum absolute atomic E-state index is 6.34. The predicted octanol–water partition coefficient (Wildman–Crippen LogP) is 4.45. The lowest BCUT2D eigenvalue weighted by Gasteiger charge is -2.10. The normalized spacial score (nSPS) is 12.6. The number of furan rings is 1. The molecule has 2 N–H and O–H groups in total. The molecule has 0 aliphatic rings. The SMILES string of the molecule is COc1ccc2c(C)c(C(N)c3cccc(Cl)c3)oc2c1. The average Bonchev–Trinajstić information content (AvgIpc) is 2.83. The highest BCUT2D eigenvalue weighted by Crippen LogP contribution is 2.33. The zero-order valence-corrected chi connectivity index (χ0v) is 12.6. The molecule has 4 heteroatoms. The number of rotatable bonds is 3. The van der Waals surface area contributed by atoms with E-state index in [0.29, 0.717) is 5.02 Å². The summed E-state index contributed by atoms with van der Waals surface area (Å²) in [4.78, 5) is 0. The molecule has 0 spiro atoms. The van der Waals surface area contributed by atoms with Crippen molar-refractivity contribution in [1.82, 2.24) is 0 Å². The van der Waals surface area contributed by atoms with Crippen LogP contribution in [0.5, 0.6) is 5.75 Å². The molecular formula is C17H16ClNO2. The number of benzene rings is 2. The van der Waals surface area contributed by atoms with Crippen molar-refractivity contribution in [2.75, 3.05) is 7.11 Å². The van der Waals surface area contributed by atoms with Crippen LogP contribution in [-0.2, 0) is 0 Å². The van der Waals surface area contributed by atoms with Gasteiger partial charge in [0.25, 0.3) is 0 Å². The third kappa shape index (κ3) is 2.50. The summed E-state index contributed by atoms with van der Waals surface area (Å²) in [5, 5.41) is 1.71. The molecule has 1 heterocycles. The van der Waals surface area contributed by atoms with Crippen LogP contribution in [0.1, 0.15) is 22.9 Å². The molecule has 0 fully saturated rings. The van der Waals surface area contributed by atoms with Gasteiger partial charge in [0.05, 0.1) is 13.2 Å². The molecule has 0 bridgehead atoms. The molecule has 0 saturated carbocycles. The third-order valence-electron chi connectivity index (χ3n) is 3.67. The van der Waals surface area contributed by atoms with Crippen molar-refractivity contribution in [2.45, 2.75) is 13.0 Å². The van der Waals surface area contributed by atoms with Gasteiger partial charge in [-0.2, -0.15) is 0 Å². The second-order valence-electron chi connectivity index (χ2n) is 4.99. The van der Waals surface area contributed by atoms with Crippen LogP contribution in [0.3, 0.4) is 0 Å². The van der Waals surface area contributed by atoms with Crippen LogP contribution in [-0.4, -0.2) is 7.11 Å². The molecule has 1 aromatic heterocycles. The van der Waals surface area contributed by atoms with Gasteiger partial charge in [-0.25, -0.2) is 0 Å². The molecule has 3 nitrogen and oxygen atoms in total. The Morgan fingerprint density at radius 1 is 1.19 bits per heavy atom. The van der Waals surface area contributed by atoms with Crippen LogP contribution in [0.25, 0.3) is 11.0 Å². The highest BCUT2D eigenvalue weighted by Gasteiger charge is 2.19. The molecule has 3 aromatic rings. The summed E-state index contributed by atoms with van der Waals surface area (Å²) in [6.45, 7) is 2.01. The second kappa shape index (κ2) is 5.43. The Labute approximate surface area is 128 Å². The fourth-order valence-electron chi connectivity index (χ4n) is 2.50. The highest BCUT2D eigenvalue weighted by molar-refractivity contribution is 6.30. The van der Waals surface area contributed by atoms with Gasteiger partial charge in [-0.3, -0.25) is 0 Å². The van der Waals surface area contributed by atoms with Crippen LogP contribution in [0.15, 0.2) is 46.9 Å². The Bertz CT molecular complexity index is 795. The maximum Gasteiger partial charge on any atom is 0.138 e. The van der Waals surface area contributed by atoms with Gasteiger partial charge in [-0.05, 0) is 36.8 Å². The van der Waals surface area contributed by atoms with Gasteiger partial charge in [0, 0.05) is 22.0 Å². The van der Waals surface area contributed by atoms with Crippen molar-refractivity contribution < 1.29 is 9.15 Å². The fourth-order valence-corrected chi connectivity index (χ4v) is 2.70. The lowest BCUT2D eigenvalue weighted by Crippen LogP contribution is -2.11. The van der Waals surface area contributed by atoms with Crippen LogP contribution >= 0.6 is 11.6 Å². The Morgan fingerprint density at radius 3 is 2.71 bits per heavy atom. The number of hydrogen-bond acceptors (Lipinski definition) is 3.